The molecule has 0 bridgehead atoms. The van der Waals surface area contributed by atoms with E-state index in [0.717, 1.165) is 20.9 Å². The fourth-order valence-electron chi connectivity index (χ4n) is 1.99. The second-order valence-electron chi connectivity index (χ2n) is 4.56. The zero-order valence-corrected chi connectivity index (χ0v) is 14.0. The number of aromatic nitrogens is 5. The van der Waals surface area contributed by atoms with Crippen molar-refractivity contribution in [2.75, 3.05) is 0 Å². The second-order valence-corrected chi connectivity index (χ2v) is 6.53. The van der Waals surface area contributed by atoms with Gasteiger partial charge in [0, 0.05) is 24.2 Å². The Morgan fingerprint density at radius 3 is 2.61 bits per heavy atom. The van der Waals surface area contributed by atoms with Crippen LogP contribution in [-0.4, -0.2) is 29.0 Å². The highest BCUT2D eigenvalue weighted by molar-refractivity contribution is 8.00. The molecule has 3 aromatic rings. The summed E-state index contributed by atoms with van der Waals surface area (Å²) in [4.78, 5) is 14.6. The average molecular weight is 348 g/mol. The largest absolute Gasteiger partial charge is 0.302 e. The van der Waals surface area contributed by atoms with Crippen molar-refractivity contribution < 1.29 is 4.92 Å². The highest BCUT2D eigenvalue weighted by Crippen LogP contribution is 2.30. The van der Waals surface area contributed by atoms with Gasteiger partial charge in [0.1, 0.15) is 5.82 Å². The van der Waals surface area contributed by atoms with E-state index in [2.05, 4.69) is 19.6 Å². The predicted octanol–water partition coefficient (Wildman–Crippen LogP) is 3.18. The maximum atomic E-state index is 10.7. The molecule has 8 nitrogen and oxygen atoms in total. The average Bonchev–Trinajstić information content (AvgIpc) is 3.13. The lowest BCUT2D eigenvalue weighted by molar-refractivity contribution is -0.384. The van der Waals surface area contributed by atoms with Gasteiger partial charge in [-0.05, 0) is 49.3 Å². The molecule has 0 aliphatic carbocycles. The Kier molecular flexibility index (Phi) is 4.35. The van der Waals surface area contributed by atoms with Gasteiger partial charge in [-0.1, -0.05) is 0 Å². The van der Waals surface area contributed by atoms with Crippen LogP contribution in [-0.2, 0) is 6.54 Å². The van der Waals surface area contributed by atoms with Crippen molar-refractivity contribution in [2.45, 2.75) is 29.9 Å². The van der Waals surface area contributed by atoms with Gasteiger partial charge < -0.3 is 4.57 Å². The highest BCUT2D eigenvalue weighted by atomic mass is 32.2. The summed E-state index contributed by atoms with van der Waals surface area (Å²) in [5.41, 5.74) is 0.834. The van der Waals surface area contributed by atoms with Crippen LogP contribution in [0, 0.1) is 17.0 Å². The number of non-ortho nitro benzene ring substituents is 1. The van der Waals surface area contributed by atoms with Gasteiger partial charge in [-0.25, -0.2) is 4.98 Å². The van der Waals surface area contributed by atoms with Crippen LogP contribution in [0.2, 0.25) is 0 Å². The van der Waals surface area contributed by atoms with Crippen molar-refractivity contribution in [2.24, 2.45) is 0 Å². The molecule has 2 aromatic heterocycles. The SMILES string of the molecule is CCn1c(Sc2nc(C)ns2)nnc1-c1ccc([N+](=O)[O-])cc1. The molecule has 0 radical (unpaired) electrons. The zero-order chi connectivity index (χ0) is 16.4. The van der Waals surface area contributed by atoms with E-state index in [1.165, 1.54) is 35.4 Å². The summed E-state index contributed by atoms with van der Waals surface area (Å²) in [6.07, 6.45) is 0. The number of nitro benzene ring substituents is 1. The number of rotatable bonds is 5. The van der Waals surface area contributed by atoms with Crippen LogP contribution < -0.4 is 0 Å². The Balaban J connectivity index is 1.92. The maximum absolute atomic E-state index is 10.7. The van der Waals surface area contributed by atoms with E-state index < -0.39 is 4.92 Å². The Morgan fingerprint density at radius 1 is 1.30 bits per heavy atom. The smallest absolute Gasteiger partial charge is 0.269 e. The van der Waals surface area contributed by atoms with Crippen molar-refractivity contribution in [1.82, 2.24) is 24.1 Å². The molecule has 0 amide bonds. The lowest BCUT2D eigenvalue weighted by atomic mass is 10.2. The predicted molar refractivity (Wildman–Crippen MR) is 86.6 cm³/mol. The third-order valence-electron chi connectivity index (χ3n) is 3.06. The number of nitro groups is 1. The van der Waals surface area contributed by atoms with Crippen molar-refractivity contribution in [3.8, 4) is 11.4 Å². The molecule has 0 saturated carbocycles. The van der Waals surface area contributed by atoms with Crippen LogP contribution in [0.25, 0.3) is 11.4 Å². The van der Waals surface area contributed by atoms with Gasteiger partial charge in [0.15, 0.2) is 15.3 Å². The minimum Gasteiger partial charge on any atom is -0.302 e. The molecule has 1 aromatic carbocycles. The lowest BCUT2D eigenvalue weighted by Crippen LogP contribution is -1.99. The number of hydrogen-bond acceptors (Lipinski definition) is 8. The standard InChI is InChI=1S/C13H12N6O2S2/c1-3-18-11(9-4-6-10(7-5-9)19(20)21)15-16-12(18)22-13-14-8(2)17-23-13/h4-7H,3H2,1-2H3. The first-order valence-corrected chi connectivity index (χ1v) is 8.33. The van der Waals surface area contributed by atoms with E-state index >= 15 is 0 Å². The summed E-state index contributed by atoms with van der Waals surface area (Å²) in [6.45, 7) is 4.51. The first kappa shape index (κ1) is 15.6. The number of nitrogens with zero attached hydrogens (tertiary/aromatic N) is 6. The van der Waals surface area contributed by atoms with E-state index in [0.29, 0.717) is 12.4 Å². The summed E-state index contributed by atoms with van der Waals surface area (Å²) in [5, 5.41) is 19.9. The van der Waals surface area contributed by atoms with Gasteiger partial charge in [-0.15, -0.1) is 10.2 Å². The molecule has 118 valence electrons. The van der Waals surface area contributed by atoms with E-state index in [4.69, 9.17) is 0 Å². The van der Waals surface area contributed by atoms with Gasteiger partial charge in [0.25, 0.3) is 5.69 Å². The van der Waals surface area contributed by atoms with Crippen LogP contribution in [0.1, 0.15) is 12.7 Å². The fourth-order valence-corrected chi connectivity index (χ4v) is 3.64. The maximum Gasteiger partial charge on any atom is 0.269 e. The minimum atomic E-state index is -0.423. The third kappa shape index (κ3) is 3.22. The van der Waals surface area contributed by atoms with E-state index in [-0.39, 0.29) is 5.69 Å². The highest BCUT2D eigenvalue weighted by Gasteiger charge is 2.16. The molecular weight excluding hydrogens is 336 g/mol. The zero-order valence-electron chi connectivity index (χ0n) is 12.3. The number of benzene rings is 1. The van der Waals surface area contributed by atoms with Crippen LogP contribution in [0.15, 0.2) is 33.8 Å². The van der Waals surface area contributed by atoms with Crippen LogP contribution in [0.5, 0.6) is 0 Å². The molecule has 2 heterocycles. The molecule has 0 N–H and O–H groups in total. The summed E-state index contributed by atoms with van der Waals surface area (Å²) >= 11 is 2.73. The summed E-state index contributed by atoms with van der Waals surface area (Å²) < 4.78 is 6.90. The fraction of sp³-hybridized carbons (Fsp3) is 0.231. The topological polar surface area (TPSA) is 99.6 Å². The molecule has 0 saturated heterocycles. The van der Waals surface area contributed by atoms with Gasteiger partial charge in [0.05, 0.1) is 4.92 Å². The molecule has 10 heteroatoms. The molecular formula is C13H12N6O2S2. The Labute approximate surface area is 139 Å². The first-order valence-electron chi connectivity index (χ1n) is 6.74. The van der Waals surface area contributed by atoms with Crippen molar-refractivity contribution >= 4 is 29.0 Å². The second kappa shape index (κ2) is 6.42. The molecule has 23 heavy (non-hydrogen) atoms. The molecule has 0 atom stereocenters. The van der Waals surface area contributed by atoms with Gasteiger partial charge in [-0.2, -0.15) is 4.37 Å². The van der Waals surface area contributed by atoms with E-state index in [1.54, 1.807) is 12.1 Å². The van der Waals surface area contributed by atoms with E-state index in [1.807, 2.05) is 18.4 Å². The molecule has 0 aliphatic rings. The summed E-state index contributed by atoms with van der Waals surface area (Å²) in [7, 11) is 0. The van der Waals surface area contributed by atoms with Crippen LogP contribution in [0.3, 0.4) is 0 Å². The monoisotopic (exact) mass is 348 g/mol. The van der Waals surface area contributed by atoms with Crippen LogP contribution in [0.4, 0.5) is 5.69 Å². The third-order valence-corrected chi connectivity index (χ3v) is 4.88. The molecule has 0 fully saturated rings. The lowest BCUT2D eigenvalue weighted by Gasteiger charge is -2.06. The van der Waals surface area contributed by atoms with Gasteiger partial charge >= 0.3 is 0 Å². The summed E-state index contributed by atoms with van der Waals surface area (Å²) in [5.74, 6) is 1.40. The first-order chi connectivity index (χ1) is 11.1. The molecule has 0 unspecified atom stereocenters. The van der Waals surface area contributed by atoms with Crippen LogP contribution >= 0.6 is 23.3 Å². The Morgan fingerprint density at radius 2 is 2.04 bits per heavy atom. The van der Waals surface area contributed by atoms with Gasteiger partial charge in [0.2, 0.25) is 0 Å². The Hall–Kier alpha value is -2.33. The molecule has 3 rings (SSSR count). The normalized spacial score (nSPS) is 10.9. The molecule has 0 spiro atoms. The quantitative estimate of drug-likeness (QED) is 0.515. The Bertz CT molecular complexity index is 843. The summed E-state index contributed by atoms with van der Waals surface area (Å²) in [6, 6.07) is 6.28. The number of hydrogen-bond donors (Lipinski definition) is 0. The number of aryl methyl sites for hydroxylation is 1. The van der Waals surface area contributed by atoms with Gasteiger partial charge in [-0.3, -0.25) is 10.1 Å². The van der Waals surface area contributed by atoms with E-state index in [9.17, 15) is 10.1 Å². The van der Waals surface area contributed by atoms with Crippen molar-refractivity contribution in [3.05, 3.63) is 40.2 Å². The minimum absolute atomic E-state index is 0.0512. The van der Waals surface area contributed by atoms with Crippen molar-refractivity contribution in [1.29, 1.82) is 0 Å². The van der Waals surface area contributed by atoms with Crippen molar-refractivity contribution in [3.63, 3.8) is 0 Å². The molecule has 0 aliphatic heterocycles.